The molecular formula is C16H22ClNO2. The van der Waals surface area contributed by atoms with Crippen LogP contribution in [0.3, 0.4) is 0 Å². The lowest BCUT2D eigenvalue weighted by molar-refractivity contribution is 0.108. The van der Waals surface area contributed by atoms with Crippen molar-refractivity contribution in [3.8, 4) is 5.75 Å². The zero-order valence-electron chi connectivity index (χ0n) is 12.0. The fourth-order valence-corrected chi connectivity index (χ4v) is 1.85. The molecule has 0 aliphatic carbocycles. The zero-order chi connectivity index (χ0) is 14.6. The molecule has 0 atom stereocenters. The first-order chi connectivity index (χ1) is 9.74. The Morgan fingerprint density at radius 3 is 2.65 bits per heavy atom. The summed E-state index contributed by atoms with van der Waals surface area (Å²) in [6, 6.07) is 6.81. The molecule has 1 rings (SSSR count). The third-order valence-electron chi connectivity index (χ3n) is 2.87. The van der Waals surface area contributed by atoms with Gasteiger partial charge in [-0.3, -0.25) is 9.79 Å². The molecule has 0 unspecified atom stereocenters. The highest BCUT2D eigenvalue weighted by Gasteiger charge is 2.00. The fourth-order valence-electron chi connectivity index (χ4n) is 1.72. The van der Waals surface area contributed by atoms with Crippen molar-refractivity contribution in [2.75, 3.05) is 13.2 Å². The van der Waals surface area contributed by atoms with Crippen LogP contribution in [0.1, 0.15) is 49.4 Å². The Morgan fingerprint density at radius 2 is 2.00 bits per heavy atom. The number of halogens is 1. The highest BCUT2D eigenvalue weighted by Crippen LogP contribution is 2.13. The number of nitrogens with zero attached hydrogens (tertiary/aromatic N) is 1. The summed E-state index contributed by atoms with van der Waals surface area (Å²) in [6.07, 6.45) is 7.69. The van der Waals surface area contributed by atoms with Gasteiger partial charge in [0, 0.05) is 24.7 Å². The summed E-state index contributed by atoms with van der Waals surface area (Å²) in [5.74, 6) is 0.739. The molecule has 0 bridgehead atoms. The van der Waals surface area contributed by atoms with Crippen LogP contribution in [-0.2, 0) is 0 Å². The predicted molar refractivity (Wildman–Crippen MR) is 84.2 cm³/mol. The molecule has 0 aliphatic heterocycles. The maximum absolute atomic E-state index is 10.9. The molecule has 0 radical (unpaired) electrons. The van der Waals surface area contributed by atoms with Crippen molar-refractivity contribution in [3.05, 3.63) is 29.8 Å². The van der Waals surface area contributed by atoms with Crippen LogP contribution in [0.2, 0.25) is 0 Å². The van der Waals surface area contributed by atoms with E-state index in [1.54, 1.807) is 24.3 Å². The summed E-state index contributed by atoms with van der Waals surface area (Å²) < 4.78 is 5.54. The number of carbonyl (C=O) groups is 1. The molecule has 0 saturated heterocycles. The van der Waals surface area contributed by atoms with Gasteiger partial charge in [-0.1, -0.05) is 26.2 Å². The minimum absolute atomic E-state index is 0.452. The molecule has 1 aromatic rings. The Bertz CT molecular complexity index is 415. The van der Waals surface area contributed by atoms with E-state index in [0.717, 1.165) is 18.7 Å². The molecule has 110 valence electrons. The van der Waals surface area contributed by atoms with Crippen LogP contribution in [0, 0.1) is 0 Å². The summed E-state index contributed by atoms with van der Waals surface area (Å²) in [6.45, 7) is 3.70. The third kappa shape index (κ3) is 7.29. The molecule has 0 amide bonds. The molecule has 20 heavy (non-hydrogen) atoms. The first-order valence-corrected chi connectivity index (χ1v) is 7.53. The van der Waals surface area contributed by atoms with Gasteiger partial charge in [0.15, 0.2) is 0 Å². The van der Waals surface area contributed by atoms with Crippen molar-refractivity contribution in [1.29, 1.82) is 0 Å². The Labute approximate surface area is 126 Å². The number of unbranched alkanes of at least 4 members (excludes halogenated alkanes) is 3. The van der Waals surface area contributed by atoms with Crippen LogP contribution in [0.5, 0.6) is 5.75 Å². The minimum atomic E-state index is -0.452. The molecule has 0 saturated carbocycles. The van der Waals surface area contributed by atoms with E-state index in [-0.39, 0.29) is 0 Å². The summed E-state index contributed by atoms with van der Waals surface area (Å²) in [5.41, 5.74) is 0.479. The van der Waals surface area contributed by atoms with E-state index < -0.39 is 5.24 Å². The third-order valence-corrected chi connectivity index (χ3v) is 3.09. The Kier molecular flexibility index (Phi) is 8.72. The molecule has 0 fully saturated rings. The average Bonchev–Trinajstić information content (AvgIpc) is 2.46. The molecule has 0 N–H and O–H groups in total. The normalized spacial score (nSPS) is 10.9. The van der Waals surface area contributed by atoms with Gasteiger partial charge in [-0.15, -0.1) is 0 Å². The van der Waals surface area contributed by atoms with Crippen LogP contribution in [-0.4, -0.2) is 24.6 Å². The molecule has 3 nitrogen and oxygen atoms in total. The molecule has 1 aromatic carbocycles. The second-order valence-electron chi connectivity index (χ2n) is 4.58. The Balaban J connectivity index is 2.11. The topological polar surface area (TPSA) is 38.7 Å². The standard InChI is InChI=1S/C16H22ClNO2/c1-2-3-4-5-11-18-12-6-13-20-15-9-7-14(8-10-15)16(17)19/h7-10,12H,2-6,11,13H2,1H3. The lowest BCUT2D eigenvalue weighted by Crippen LogP contribution is -1.98. The van der Waals surface area contributed by atoms with E-state index in [4.69, 9.17) is 16.3 Å². The number of hydrogen-bond acceptors (Lipinski definition) is 3. The van der Waals surface area contributed by atoms with Gasteiger partial charge in [-0.25, -0.2) is 0 Å². The van der Waals surface area contributed by atoms with Gasteiger partial charge >= 0.3 is 0 Å². The second kappa shape index (κ2) is 10.4. The maximum Gasteiger partial charge on any atom is 0.252 e. The first kappa shape index (κ1) is 16.7. The fraction of sp³-hybridized carbons (Fsp3) is 0.500. The largest absolute Gasteiger partial charge is 0.493 e. The van der Waals surface area contributed by atoms with E-state index in [1.165, 1.54) is 25.7 Å². The highest BCUT2D eigenvalue weighted by molar-refractivity contribution is 6.67. The Hall–Kier alpha value is -1.35. The van der Waals surface area contributed by atoms with Crippen LogP contribution >= 0.6 is 11.6 Å². The van der Waals surface area contributed by atoms with E-state index in [2.05, 4.69) is 11.9 Å². The molecule has 0 spiro atoms. The van der Waals surface area contributed by atoms with Gasteiger partial charge in [-0.05, 0) is 42.3 Å². The van der Waals surface area contributed by atoms with Gasteiger partial charge in [0.25, 0.3) is 5.24 Å². The van der Waals surface area contributed by atoms with Crippen molar-refractivity contribution < 1.29 is 9.53 Å². The lowest BCUT2D eigenvalue weighted by Gasteiger charge is -2.04. The van der Waals surface area contributed by atoms with Crippen LogP contribution in [0.15, 0.2) is 29.3 Å². The van der Waals surface area contributed by atoms with Gasteiger partial charge in [-0.2, -0.15) is 0 Å². The van der Waals surface area contributed by atoms with Crippen LogP contribution < -0.4 is 4.74 Å². The monoisotopic (exact) mass is 295 g/mol. The van der Waals surface area contributed by atoms with E-state index in [0.29, 0.717) is 12.2 Å². The maximum atomic E-state index is 10.9. The van der Waals surface area contributed by atoms with Gasteiger partial charge in [0.2, 0.25) is 0 Å². The Morgan fingerprint density at radius 1 is 1.25 bits per heavy atom. The second-order valence-corrected chi connectivity index (χ2v) is 4.93. The molecule has 0 aliphatic rings. The van der Waals surface area contributed by atoms with E-state index in [1.807, 2.05) is 6.21 Å². The number of carbonyl (C=O) groups excluding carboxylic acids is 1. The van der Waals surface area contributed by atoms with Crippen molar-refractivity contribution in [2.24, 2.45) is 4.99 Å². The first-order valence-electron chi connectivity index (χ1n) is 7.15. The SMILES string of the molecule is CCCCCCN=CCCOc1ccc(C(=O)Cl)cc1. The molecule has 0 aromatic heterocycles. The summed E-state index contributed by atoms with van der Waals surface area (Å²) >= 11 is 5.37. The van der Waals surface area contributed by atoms with Crippen molar-refractivity contribution >= 4 is 23.1 Å². The summed E-state index contributed by atoms with van der Waals surface area (Å²) in [7, 11) is 0. The number of aliphatic imine (C=N–C) groups is 1. The average molecular weight is 296 g/mol. The minimum Gasteiger partial charge on any atom is -0.493 e. The number of rotatable bonds is 10. The molecule has 4 heteroatoms. The van der Waals surface area contributed by atoms with Crippen LogP contribution in [0.25, 0.3) is 0 Å². The smallest absolute Gasteiger partial charge is 0.252 e. The van der Waals surface area contributed by atoms with Crippen LogP contribution in [0.4, 0.5) is 0 Å². The van der Waals surface area contributed by atoms with Gasteiger partial charge in [0.05, 0.1) is 6.61 Å². The molecule has 0 heterocycles. The van der Waals surface area contributed by atoms with E-state index >= 15 is 0 Å². The quantitative estimate of drug-likeness (QED) is 0.362. The van der Waals surface area contributed by atoms with Crippen molar-refractivity contribution in [1.82, 2.24) is 0 Å². The summed E-state index contributed by atoms with van der Waals surface area (Å²) in [4.78, 5) is 15.2. The lowest BCUT2D eigenvalue weighted by atomic mass is 10.2. The van der Waals surface area contributed by atoms with Gasteiger partial charge < -0.3 is 4.74 Å². The highest BCUT2D eigenvalue weighted by atomic mass is 35.5. The number of hydrogen-bond donors (Lipinski definition) is 0. The van der Waals surface area contributed by atoms with E-state index in [9.17, 15) is 4.79 Å². The van der Waals surface area contributed by atoms with Gasteiger partial charge in [0.1, 0.15) is 5.75 Å². The number of ether oxygens (including phenoxy) is 1. The zero-order valence-corrected chi connectivity index (χ0v) is 12.7. The van der Waals surface area contributed by atoms with Crippen molar-refractivity contribution in [3.63, 3.8) is 0 Å². The van der Waals surface area contributed by atoms with Crippen molar-refractivity contribution in [2.45, 2.75) is 39.0 Å². The molecular weight excluding hydrogens is 274 g/mol. The predicted octanol–water partition coefficient (Wildman–Crippen LogP) is 4.49. The summed E-state index contributed by atoms with van der Waals surface area (Å²) in [5, 5.41) is -0.452. The number of benzene rings is 1.